The van der Waals surface area contributed by atoms with Gasteiger partial charge < -0.3 is 15.2 Å². The van der Waals surface area contributed by atoms with Crippen LogP contribution in [-0.2, 0) is 14.3 Å². The van der Waals surface area contributed by atoms with E-state index in [1.165, 1.54) is 12.8 Å². The van der Waals surface area contributed by atoms with Crippen molar-refractivity contribution in [2.75, 3.05) is 13.2 Å². The average Bonchev–Trinajstić information content (AvgIpc) is 2.79. The summed E-state index contributed by atoms with van der Waals surface area (Å²) >= 11 is 0. The second kappa shape index (κ2) is 14.3. The Morgan fingerprint density at radius 2 is 1.95 bits per heavy atom. The van der Waals surface area contributed by atoms with E-state index in [-0.39, 0.29) is 31.3 Å². The molecule has 1 saturated heterocycles. The molecule has 2 N–H and O–H groups in total. The molecule has 5 nitrogen and oxygen atoms in total. The number of esters is 1. The minimum absolute atomic E-state index is 0. The molecule has 0 amide bonds. The average molecular weight is 291 g/mol. The predicted molar refractivity (Wildman–Crippen MR) is 82.8 cm³/mol. The summed E-state index contributed by atoms with van der Waals surface area (Å²) in [5.74, 6) is -0.106. The van der Waals surface area contributed by atoms with Crippen molar-refractivity contribution in [2.24, 2.45) is 5.92 Å². The summed E-state index contributed by atoms with van der Waals surface area (Å²) < 4.78 is 5.15. The molecule has 0 radical (unpaired) electrons. The van der Waals surface area contributed by atoms with Gasteiger partial charge in [-0.3, -0.25) is 9.59 Å². The molecule has 5 heteroatoms. The van der Waals surface area contributed by atoms with Crippen LogP contribution in [0.15, 0.2) is 0 Å². The first-order chi connectivity index (χ1) is 8.95. The lowest BCUT2D eigenvalue weighted by atomic mass is 9.97. The van der Waals surface area contributed by atoms with Crippen molar-refractivity contribution in [3.63, 3.8) is 0 Å². The van der Waals surface area contributed by atoms with Crippen LogP contribution in [0.5, 0.6) is 0 Å². The number of carboxylic acid groups (broad SMARTS) is 1. The second-order valence-corrected chi connectivity index (χ2v) is 4.77. The summed E-state index contributed by atoms with van der Waals surface area (Å²) in [5, 5.41) is 10.3. The fourth-order valence-electron chi connectivity index (χ4n) is 1.71. The summed E-state index contributed by atoms with van der Waals surface area (Å²) in [4.78, 5) is 19.5. The maximum Gasteiger partial charge on any atom is 0.308 e. The second-order valence-electron chi connectivity index (χ2n) is 4.77. The summed E-state index contributed by atoms with van der Waals surface area (Å²) in [6, 6.07) is 0. The van der Waals surface area contributed by atoms with Crippen molar-refractivity contribution in [1.82, 2.24) is 5.32 Å². The predicted octanol–water partition coefficient (Wildman–Crippen LogP) is 3.08. The van der Waals surface area contributed by atoms with Crippen LogP contribution in [0.1, 0.15) is 61.3 Å². The summed E-state index contributed by atoms with van der Waals surface area (Å²) in [7, 11) is 0. The molecule has 1 aliphatic rings. The molecule has 1 unspecified atom stereocenters. The molecule has 1 heterocycles. The van der Waals surface area contributed by atoms with E-state index in [4.69, 9.17) is 14.6 Å². The molecule has 1 aliphatic heterocycles. The Kier molecular flexibility index (Phi) is 17.1. The Bertz CT molecular complexity index is 236. The number of carbonyl (C=O) groups excluding carboxylic acids is 1. The molecule has 0 saturated carbocycles. The molecule has 0 bridgehead atoms. The Balaban J connectivity index is -0.000000426. The van der Waals surface area contributed by atoms with E-state index in [2.05, 4.69) is 12.2 Å². The monoisotopic (exact) mass is 291 g/mol. The lowest BCUT2D eigenvalue weighted by Crippen LogP contribution is -2.37. The van der Waals surface area contributed by atoms with Crippen LogP contribution in [0.2, 0.25) is 0 Å². The van der Waals surface area contributed by atoms with Crippen LogP contribution in [0.25, 0.3) is 0 Å². The minimum atomic E-state index is -0.250. The van der Waals surface area contributed by atoms with Gasteiger partial charge in [-0.25, -0.2) is 0 Å². The fraction of sp³-hybridized carbons (Fsp3) is 0.867. The Labute approximate surface area is 124 Å². The van der Waals surface area contributed by atoms with Gasteiger partial charge in [-0.2, -0.15) is 0 Å². The number of hydrogen-bond donors (Lipinski definition) is 2. The standard InChI is InChI=1S/C11H21NO2.C2H6.CH2O2.CH4/c1-9(2)10(13)14-8-6-11(3)5-4-7-12-11;1-2;2-1-3;/h9,12H,4-8H2,1-3H3;1-2H3;1H,(H,2,3);1H4. The smallest absolute Gasteiger partial charge is 0.308 e. The van der Waals surface area contributed by atoms with Gasteiger partial charge in [-0.15, -0.1) is 0 Å². The lowest BCUT2D eigenvalue weighted by molar-refractivity contribution is -0.147. The zero-order valence-corrected chi connectivity index (χ0v) is 12.9. The van der Waals surface area contributed by atoms with Gasteiger partial charge in [-0.1, -0.05) is 35.1 Å². The number of ether oxygens (including phenoxy) is 1. The van der Waals surface area contributed by atoms with Crippen LogP contribution in [-0.4, -0.2) is 36.2 Å². The zero-order chi connectivity index (χ0) is 15.3. The quantitative estimate of drug-likeness (QED) is 0.615. The Morgan fingerprint density at radius 1 is 1.45 bits per heavy atom. The SMILES string of the molecule is C.CC.CC(C)C(=O)OCCC1(C)CCCN1.O=CO. The Hall–Kier alpha value is -1.10. The molecule has 0 spiro atoms. The maximum atomic E-state index is 11.2. The fourth-order valence-corrected chi connectivity index (χ4v) is 1.71. The summed E-state index contributed by atoms with van der Waals surface area (Å²) in [6.07, 6.45) is 3.34. The normalized spacial score (nSPS) is 19.7. The molecule has 1 rings (SSSR count). The minimum Gasteiger partial charge on any atom is -0.483 e. The molecule has 1 atom stereocenters. The van der Waals surface area contributed by atoms with Gasteiger partial charge in [0.25, 0.3) is 6.47 Å². The Morgan fingerprint density at radius 3 is 2.30 bits per heavy atom. The highest BCUT2D eigenvalue weighted by atomic mass is 16.5. The van der Waals surface area contributed by atoms with Crippen molar-refractivity contribution in [2.45, 2.75) is 66.8 Å². The van der Waals surface area contributed by atoms with E-state index in [1.807, 2.05) is 27.7 Å². The van der Waals surface area contributed by atoms with Crippen molar-refractivity contribution in [3.05, 3.63) is 0 Å². The first kappa shape index (κ1) is 24.0. The number of hydrogen-bond acceptors (Lipinski definition) is 4. The third-order valence-electron chi connectivity index (χ3n) is 2.83. The van der Waals surface area contributed by atoms with Gasteiger partial charge in [0.2, 0.25) is 0 Å². The van der Waals surface area contributed by atoms with Gasteiger partial charge in [0.15, 0.2) is 0 Å². The van der Waals surface area contributed by atoms with Gasteiger partial charge in [0.1, 0.15) is 0 Å². The number of rotatable bonds is 4. The van der Waals surface area contributed by atoms with E-state index in [9.17, 15) is 4.79 Å². The highest BCUT2D eigenvalue weighted by Gasteiger charge is 2.27. The molecular formula is C15H33NO4. The molecule has 20 heavy (non-hydrogen) atoms. The maximum absolute atomic E-state index is 11.2. The van der Waals surface area contributed by atoms with E-state index in [0.717, 1.165) is 13.0 Å². The van der Waals surface area contributed by atoms with E-state index < -0.39 is 0 Å². The molecule has 0 aromatic rings. The molecule has 122 valence electrons. The largest absolute Gasteiger partial charge is 0.483 e. The third-order valence-corrected chi connectivity index (χ3v) is 2.83. The van der Waals surface area contributed by atoms with Crippen LogP contribution in [0.4, 0.5) is 0 Å². The van der Waals surface area contributed by atoms with Crippen LogP contribution < -0.4 is 5.32 Å². The van der Waals surface area contributed by atoms with E-state index in [1.54, 1.807) is 0 Å². The molecule has 0 aromatic heterocycles. The highest BCUT2D eigenvalue weighted by molar-refractivity contribution is 5.71. The van der Waals surface area contributed by atoms with Gasteiger partial charge in [0, 0.05) is 5.54 Å². The van der Waals surface area contributed by atoms with Crippen LogP contribution in [0.3, 0.4) is 0 Å². The molecule has 1 fully saturated rings. The molecular weight excluding hydrogens is 258 g/mol. The van der Waals surface area contributed by atoms with Gasteiger partial charge >= 0.3 is 5.97 Å². The number of nitrogens with one attached hydrogen (secondary N) is 1. The summed E-state index contributed by atoms with van der Waals surface area (Å²) in [6.45, 7) is 11.3. The van der Waals surface area contributed by atoms with Gasteiger partial charge in [0.05, 0.1) is 12.5 Å². The van der Waals surface area contributed by atoms with Crippen molar-refractivity contribution in [3.8, 4) is 0 Å². The lowest BCUT2D eigenvalue weighted by Gasteiger charge is -2.24. The highest BCUT2D eigenvalue weighted by Crippen LogP contribution is 2.22. The van der Waals surface area contributed by atoms with Crippen molar-refractivity contribution in [1.29, 1.82) is 0 Å². The van der Waals surface area contributed by atoms with Crippen molar-refractivity contribution < 1.29 is 19.4 Å². The van der Waals surface area contributed by atoms with Crippen molar-refractivity contribution >= 4 is 12.4 Å². The summed E-state index contributed by atoms with van der Waals surface area (Å²) in [5.41, 5.74) is 0.192. The van der Waals surface area contributed by atoms with E-state index >= 15 is 0 Å². The topological polar surface area (TPSA) is 75.6 Å². The molecule has 0 aliphatic carbocycles. The first-order valence-corrected chi connectivity index (χ1v) is 6.94. The van der Waals surface area contributed by atoms with Crippen LogP contribution in [0, 0.1) is 5.92 Å². The zero-order valence-electron chi connectivity index (χ0n) is 12.9. The van der Waals surface area contributed by atoms with Gasteiger partial charge in [-0.05, 0) is 32.7 Å². The van der Waals surface area contributed by atoms with Crippen LogP contribution >= 0.6 is 0 Å². The third kappa shape index (κ3) is 12.0. The van der Waals surface area contributed by atoms with E-state index in [0.29, 0.717) is 6.61 Å². The first-order valence-electron chi connectivity index (χ1n) is 6.94. The molecule has 0 aromatic carbocycles. The number of carbonyl (C=O) groups is 2.